The van der Waals surface area contributed by atoms with E-state index < -0.39 is 44.3 Å². The first-order valence-corrected chi connectivity index (χ1v) is 10.1. The molecule has 0 spiro atoms. The number of carbonyl (C=O) groups is 3. The Labute approximate surface area is 171 Å². The van der Waals surface area contributed by atoms with Crippen molar-refractivity contribution in [2.75, 3.05) is 7.11 Å². The van der Waals surface area contributed by atoms with Gasteiger partial charge in [-0.15, -0.1) is 0 Å². The average molecular weight is 443 g/mol. The van der Waals surface area contributed by atoms with Gasteiger partial charge in [0.2, 0.25) is 15.6 Å². The highest BCUT2D eigenvalue weighted by atomic mass is 32.2. The summed E-state index contributed by atoms with van der Waals surface area (Å²) in [6, 6.07) is 3.72. The molecule has 0 aliphatic rings. The van der Waals surface area contributed by atoms with Gasteiger partial charge in [0, 0.05) is 5.69 Å². The molecule has 0 amide bonds. The Morgan fingerprint density at radius 3 is 2.10 bits per heavy atom. The molecule has 0 radical (unpaired) electrons. The lowest BCUT2D eigenvalue weighted by Gasteiger charge is -2.12. The van der Waals surface area contributed by atoms with Crippen LogP contribution in [0, 0.1) is 13.8 Å². The molecule has 1 aromatic carbocycles. The van der Waals surface area contributed by atoms with Crippen LogP contribution < -0.4 is 0 Å². The Balaban J connectivity index is 2.18. The van der Waals surface area contributed by atoms with Gasteiger partial charge in [-0.3, -0.25) is 4.79 Å². The van der Waals surface area contributed by atoms with Gasteiger partial charge in [0.15, 0.2) is 6.10 Å². The van der Waals surface area contributed by atoms with Gasteiger partial charge in [0.1, 0.15) is 0 Å². The van der Waals surface area contributed by atoms with Crippen LogP contribution in [0.1, 0.15) is 49.4 Å². The van der Waals surface area contributed by atoms with Gasteiger partial charge >= 0.3 is 17.7 Å². The topological polar surface area (TPSA) is 120 Å². The highest BCUT2D eigenvalue weighted by molar-refractivity contribution is 7.91. The number of aromatic amines is 1. The number of alkyl halides is 2. The van der Waals surface area contributed by atoms with Crippen molar-refractivity contribution >= 4 is 27.6 Å². The van der Waals surface area contributed by atoms with Crippen molar-refractivity contribution in [2.45, 2.75) is 37.5 Å². The third-order valence-corrected chi connectivity index (χ3v) is 5.78. The molecule has 0 saturated carbocycles. The molecule has 1 N–H and O–H groups in total. The lowest BCUT2D eigenvalue weighted by Crippen LogP contribution is -2.25. The Morgan fingerprint density at radius 1 is 1.03 bits per heavy atom. The lowest BCUT2D eigenvalue weighted by atomic mass is 10.1. The van der Waals surface area contributed by atoms with E-state index in [0.29, 0.717) is 11.3 Å². The van der Waals surface area contributed by atoms with Crippen molar-refractivity contribution in [2.24, 2.45) is 0 Å². The summed E-state index contributed by atoms with van der Waals surface area (Å²) in [5.74, 6) is -5.76. The Hall–Kier alpha value is -3.08. The fraction of sp³-hybridized carbons (Fsp3) is 0.316. The average Bonchev–Trinajstić information content (AvgIpc) is 3.00. The van der Waals surface area contributed by atoms with Crippen molar-refractivity contribution in [1.82, 2.24) is 4.98 Å². The molecule has 1 aromatic heterocycles. The van der Waals surface area contributed by atoms with Gasteiger partial charge in [-0.05, 0) is 50.6 Å². The van der Waals surface area contributed by atoms with Crippen LogP contribution in [0.4, 0.5) is 8.78 Å². The molecular weight excluding hydrogens is 424 g/mol. The minimum atomic E-state index is -4.79. The highest BCUT2D eigenvalue weighted by Gasteiger charge is 2.29. The van der Waals surface area contributed by atoms with Gasteiger partial charge in [0.25, 0.3) is 0 Å². The number of aromatic nitrogens is 1. The zero-order valence-electron chi connectivity index (χ0n) is 16.5. The van der Waals surface area contributed by atoms with Crippen LogP contribution in [-0.2, 0) is 19.3 Å². The maximum atomic E-state index is 12.6. The van der Waals surface area contributed by atoms with Crippen LogP contribution in [0.2, 0.25) is 0 Å². The first kappa shape index (κ1) is 23.2. The number of hydrogen-bond donors (Lipinski definition) is 1. The standard InChI is InChI=1S/C19H19F2NO7S/c1-9-14(18(25)28-4)10(2)22-15(9)16(23)11(3)29-17(24)12-5-7-13(8-6-12)30(26,27)19(20)21/h5-8,11,19,22H,1-4H3. The van der Waals surface area contributed by atoms with E-state index in [-0.39, 0.29) is 16.8 Å². The molecule has 0 bridgehead atoms. The second-order valence-electron chi connectivity index (χ2n) is 6.36. The van der Waals surface area contributed by atoms with Crippen LogP contribution in [-0.4, -0.2) is 50.1 Å². The van der Waals surface area contributed by atoms with Gasteiger partial charge in [-0.2, -0.15) is 8.78 Å². The second-order valence-corrected chi connectivity index (χ2v) is 8.28. The SMILES string of the molecule is COC(=O)c1c(C)[nH]c(C(=O)C(C)OC(=O)c2ccc(S(=O)(=O)C(F)F)cc2)c1C. The van der Waals surface area contributed by atoms with Crippen molar-refractivity contribution in [3.63, 3.8) is 0 Å². The van der Waals surface area contributed by atoms with Crippen molar-refractivity contribution in [3.8, 4) is 0 Å². The Bertz CT molecular complexity index is 1090. The summed E-state index contributed by atoms with van der Waals surface area (Å²) in [5, 5.41) is 0. The highest BCUT2D eigenvalue weighted by Crippen LogP contribution is 2.22. The maximum Gasteiger partial charge on any atom is 0.341 e. The van der Waals surface area contributed by atoms with Crippen LogP contribution in [0.5, 0.6) is 0 Å². The summed E-state index contributed by atoms with van der Waals surface area (Å²) >= 11 is 0. The lowest BCUT2D eigenvalue weighted by molar-refractivity contribution is 0.0316. The molecule has 162 valence electrons. The number of esters is 2. The van der Waals surface area contributed by atoms with E-state index in [0.717, 1.165) is 24.3 Å². The number of H-pyrrole nitrogens is 1. The van der Waals surface area contributed by atoms with Crippen molar-refractivity contribution < 1.29 is 41.1 Å². The van der Waals surface area contributed by atoms with E-state index in [4.69, 9.17) is 4.74 Å². The molecule has 11 heteroatoms. The van der Waals surface area contributed by atoms with E-state index in [9.17, 15) is 31.6 Å². The number of Topliss-reactive ketones (excluding diaryl/α,β-unsaturated/α-hetero) is 1. The Morgan fingerprint density at radius 2 is 1.60 bits per heavy atom. The summed E-state index contributed by atoms with van der Waals surface area (Å²) in [4.78, 5) is 38.9. The number of benzene rings is 1. The van der Waals surface area contributed by atoms with Crippen LogP contribution >= 0.6 is 0 Å². The van der Waals surface area contributed by atoms with E-state index in [2.05, 4.69) is 9.72 Å². The molecule has 0 fully saturated rings. The number of rotatable bonds is 7. The predicted octanol–water partition coefficient (Wildman–Crippen LogP) is 2.84. The van der Waals surface area contributed by atoms with Crippen LogP contribution in [0.25, 0.3) is 0 Å². The van der Waals surface area contributed by atoms with Gasteiger partial charge < -0.3 is 14.5 Å². The Kier molecular flexibility index (Phi) is 6.76. The number of carbonyl (C=O) groups excluding carboxylic acids is 3. The van der Waals surface area contributed by atoms with Gasteiger partial charge in [0.05, 0.1) is 28.8 Å². The first-order chi connectivity index (χ1) is 13.9. The van der Waals surface area contributed by atoms with Crippen LogP contribution in [0.3, 0.4) is 0 Å². The summed E-state index contributed by atoms with van der Waals surface area (Å²) in [6.45, 7) is 4.45. The number of sulfone groups is 1. The van der Waals surface area contributed by atoms with Crippen molar-refractivity contribution in [3.05, 3.63) is 52.3 Å². The summed E-state index contributed by atoms with van der Waals surface area (Å²) in [6.07, 6.45) is -1.25. The zero-order valence-corrected chi connectivity index (χ0v) is 17.3. The van der Waals surface area contributed by atoms with Crippen LogP contribution in [0.15, 0.2) is 29.2 Å². The largest absolute Gasteiger partial charge is 0.465 e. The van der Waals surface area contributed by atoms with E-state index in [1.165, 1.54) is 14.0 Å². The third-order valence-electron chi connectivity index (χ3n) is 4.38. The number of ether oxygens (including phenoxy) is 2. The number of aryl methyl sites for hydroxylation is 1. The fourth-order valence-corrected chi connectivity index (χ4v) is 3.49. The minimum absolute atomic E-state index is 0.0755. The molecule has 1 heterocycles. The molecule has 0 saturated heterocycles. The molecule has 0 aliphatic carbocycles. The predicted molar refractivity (Wildman–Crippen MR) is 100 cm³/mol. The molecule has 2 rings (SSSR count). The normalized spacial score (nSPS) is 12.5. The monoisotopic (exact) mass is 443 g/mol. The first-order valence-electron chi connectivity index (χ1n) is 8.56. The molecule has 2 aromatic rings. The molecule has 1 atom stereocenters. The zero-order chi connectivity index (χ0) is 22.8. The number of ketones is 1. The summed E-state index contributed by atoms with van der Waals surface area (Å²) in [7, 11) is -3.58. The fourth-order valence-electron chi connectivity index (χ4n) is 2.77. The minimum Gasteiger partial charge on any atom is -0.465 e. The third kappa shape index (κ3) is 4.40. The van der Waals surface area contributed by atoms with Crippen molar-refractivity contribution in [1.29, 1.82) is 0 Å². The number of halogens is 2. The quantitative estimate of drug-likeness (QED) is 0.516. The number of nitrogens with one attached hydrogen (secondary N) is 1. The molecule has 0 aliphatic heterocycles. The summed E-state index contributed by atoms with van der Waals surface area (Å²) < 4.78 is 57.7. The van der Waals surface area contributed by atoms with E-state index in [1.54, 1.807) is 13.8 Å². The maximum absolute atomic E-state index is 12.6. The van der Waals surface area contributed by atoms with Gasteiger partial charge in [-0.1, -0.05) is 0 Å². The van der Waals surface area contributed by atoms with Gasteiger partial charge in [-0.25, -0.2) is 18.0 Å². The molecular formula is C19H19F2NO7S. The molecule has 1 unspecified atom stereocenters. The van der Waals surface area contributed by atoms with E-state index in [1.807, 2.05) is 0 Å². The molecule has 8 nitrogen and oxygen atoms in total. The van der Waals surface area contributed by atoms with E-state index >= 15 is 0 Å². The smallest absolute Gasteiger partial charge is 0.341 e. The number of hydrogen-bond acceptors (Lipinski definition) is 7. The molecule has 30 heavy (non-hydrogen) atoms. The second kappa shape index (κ2) is 8.74. The summed E-state index contributed by atoms with van der Waals surface area (Å²) in [5.41, 5.74) is 0.908. The number of methoxy groups -OCH3 is 1.